The summed E-state index contributed by atoms with van der Waals surface area (Å²) < 4.78 is 0. The molecule has 0 aliphatic rings. The van der Waals surface area contributed by atoms with Gasteiger partial charge in [0.25, 0.3) is 5.91 Å². The van der Waals surface area contributed by atoms with Crippen molar-refractivity contribution in [2.24, 2.45) is 0 Å². The van der Waals surface area contributed by atoms with Crippen LogP contribution in [0.4, 0.5) is 0 Å². The van der Waals surface area contributed by atoms with Crippen molar-refractivity contribution in [3.8, 4) is 0 Å². The number of hydrogen-bond donors (Lipinski definition) is 3. The van der Waals surface area contributed by atoms with Crippen LogP contribution in [-0.2, 0) is 4.79 Å². The topological polar surface area (TPSA) is 73.2 Å². The Morgan fingerprint density at radius 3 is 2.86 bits per heavy atom. The molecular formula is C10H12N2O2. The fourth-order valence-electron chi connectivity index (χ4n) is 1.05. The standard InChI is InChI=1S/C10H12N2O2/c1-7-3-2-4-8(5-7)10(11)12-9(14)6-13/h2-5,13H,6H2,1H3,(H2,11,12,14). The van der Waals surface area contributed by atoms with Crippen molar-refractivity contribution < 1.29 is 9.90 Å². The Morgan fingerprint density at radius 2 is 2.29 bits per heavy atom. The van der Waals surface area contributed by atoms with E-state index in [4.69, 9.17) is 10.5 Å². The normalized spacial score (nSPS) is 9.57. The molecule has 3 N–H and O–H groups in total. The summed E-state index contributed by atoms with van der Waals surface area (Å²) in [5.41, 5.74) is 1.65. The maximum Gasteiger partial charge on any atom is 0.251 e. The average Bonchev–Trinajstić information content (AvgIpc) is 2.17. The third kappa shape index (κ3) is 2.67. The second-order valence-electron chi connectivity index (χ2n) is 2.95. The monoisotopic (exact) mass is 192 g/mol. The second kappa shape index (κ2) is 4.53. The van der Waals surface area contributed by atoms with Gasteiger partial charge in [0.1, 0.15) is 12.4 Å². The minimum Gasteiger partial charge on any atom is -0.387 e. The predicted octanol–water partition coefficient (Wildman–Crippen LogP) is 0.429. The van der Waals surface area contributed by atoms with Crippen LogP contribution in [0.1, 0.15) is 11.1 Å². The first-order chi connectivity index (χ1) is 6.63. The molecule has 1 aromatic carbocycles. The summed E-state index contributed by atoms with van der Waals surface area (Å²) in [6, 6.07) is 7.24. The molecule has 1 rings (SSSR count). The maximum absolute atomic E-state index is 10.8. The van der Waals surface area contributed by atoms with E-state index in [1.807, 2.05) is 19.1 Å². The lowest BCUT2D eigenvalue weighted by Gasteiger charge is -2.05. The van der Waals surface area contributed by atoms with Crippen molar-refractivity contribution in [2.75, 3.05) is 6.61 Å². The van der Waals surface area contributed by atoms with Crippen LogP contribution in [0, 0.1) is 12.3 Å². The molecular weight excluding hydrogens is 180 g/mol. The second-order valence-corrected chi connectivity index (χ2v) is 2.95. The van der Waals surface area contributed by atoms with E-state index in [1.165, 1.54) is 0 Å². The minimum atomic E-state index is -0.603. The van der Waals surface area contributed by atoms with Crippen LogP contribution in [0.2, 0.25) is 0 Å². The zero-order chi connectivity index (χ0) is 10.6. The third-order valence-electron chi connectivity index (χ3n) is 1.71. The van der Waals surface area contributed by atoms with Gasteiger partial charge >= 0.3 is 0 Å². The van der Waals surface area contributed by atoms with Crippen molar-refractivity contribution >= 4 is 11.7 Å². The molecule has 0 bridgehead atoms. The maximum atomic E-state index is 10.8. The van der Waals surface area contributed by atoms with Crippen LogP contribution in [-0.4, -0.2) is 23.5 Å². The molecule has 0 radical (unpaired) electrons. The minimum absolute atomic E-state index is 0.00718. The largest absolute Gasteiger partial charge is 0.387 e. The van der Waals surface area contributed by atoms with Gasteiger partial charge in [-0.1, -0.05) is 23.8 Å². The summed E-state index contributed by atoms with van der Waals surface area (Å²) >= 11 is 0. The van der Waals surface area contributed by atoms with Gasteiger partial charge in [-0.2, -0.15) is 0 Å². The van der Waals surface area contributed by atoms with E-state index >= 15 is 0 Å². The Labute approximate surface area is 82.1 Å². The number of carbonyl (C=O) groups excluding carboxylic acids is 1. The van der Waals surface area contributed by atoms with Gasteiger partial charge in [-0.05, 0) is 13.0 Å². The molecule has 0 saturated carbocycles. The molecule has 4 heteroatoms. The Bertz CT molecular complexity index is 361. The van der Waals surface area contributed by atoms with Crippen molar-refractivity contribution in [2.45, 2.75) is 6.92 Å². The number of amides is 1. The van der Waals surface area contributed by atoms with Crippen molar-refractivity contribution in [1.29, 1.82) is 5.41 Å². The molecule has 0 aromatic heterocycles. The lowest BCUT2D eigenvalue weighted by molar-refractivity contribution is -0.122. The highest BCUT2D eigenvalue weighted by molar-refractivity contribution is 6.06. The first kappa shape index (κ1) is 10.4. The summed E-state index contributed by atoms with van der Waals surface area (Å²) in [7, 11) is 0. The van der Waals surface area contributed by atoms with Crippen molar-refractivity contribution in [3.63, 3.8) is 0 Å². The highest BCUT2D eigenvalue weighted by Gasteiger charge is 2.04. The van der Waals surface area contributed by atoms with E-state index in [1.54, 1.807) is 12.1 Å². The summed E-state index contributed by atoms with van der Waals surface area (Å²) in [5, 5.41) is 18.3. The molecule has 0 heterocycles. The van der Waals surface area contributed by atoms with Gasteiger partial charge in [0.05, 0.1) is 0 Å². The Morgan fingerprint density at radius 1 is 1.57 bits per heavy atom. The fraction of sp³-hybridized carbons (Fsp3) is 0.200. The Kier molecular flexibility index (Phi) is 3.36. The average molecular weight is 192 g/mol. The first-order valence-corrected chi connectivity index (χ1v) is 4.20. The van der Waals surface area contributed by atoms with E-state index in [9.17, 15) is 4.79 Å². The highest BCUT2D eigenvalue weighted by Crippen LogP contribution is 2.03. The number of aliphatic hydroxyl groups is 1. The zero-order valence-corrected chi connectivity index (χ0v) is 7.87. The molecule has 0 unspecified atom stereocenters. The number of rotatable bonds is 2. The number of nitrogens with one attached hydrogen (secondary N) is 2. The molecule has 0 spiro atoms. The van der Waals surface area contributed by atoms with Gasteiger partial charge in [0.2, 0.25) is 0 Å². The van der Waals surface area contributed by atoms with Gasteiger partial charge in [-0.25, -0.2) is 0 Å². The van der Waals surface area contributed by atoms with Crippen LogP contribution >= 0.6 is 0 Å². The van der Waals surface area contributed by atoms with Crippen molar-refractivity contribution in [1.82, 2.24) is 5.32 Å². The predicted molar refractivity (Wildman–Crippen MR) is 53.2 cm³/mol. The van der Waals surface area contributed by atoms with E-state index < -0.39 is 12.5 Å². The Hall–Kier alpha value is -1.68. The molecule has 0 saturated heterocycles. The van der Waals surface area contributed by atoms with Gasteiger partial charge in [0, 0.05) is 5.56 Å². The van der Waals surface area contributed by atoms with E-state index in [-0.39, 0.29) is 5.84 Å². The van der Waals surface area contributed by atoms with Crippen LogP contribution in [0.3, 0.4) is 0 Å². The zero-order valence-electron chi connectivity index (χ0n) is 7.87. The summed E-state index contributed by atoms with van der Waals surface area (Å²) in [4.78, 5) is 10.8. The number of aryl methyl sites for hydroxylation is 1. The summed E-state index contributed by atoms with van der Waals surface area (Å²) in [5.74, 6) is -0.566. The quantitative estimate of drug-likeness (QED) is 0.469. The van der Waals surface area contributed by atoms with E-state index in [0.717, 1.165) is 5.56 Å². The van der Waals surface area contributed by atoms with Crippen molar-refractivity contribution in [3.05, 3.63) is 35.4 Å². The van der Waals surface area contributed by atoms with Crippen LogP contribution in [0.25, 0.3) is 0 Å². The molecule has 14 heavy (non-hydrogen) atoms. The van der Waals surface area contributed by atoms with E-state index in [0.29, 0.717) is 5.56 Å². The molecule has 1 amide bonds. The third-order valence-corrected chi connectivity index (χ3v) is 1.71. The smallest absolute Gasteiger partial charge is 0.251 e. The number of aliphatic hydroxyl groups excluding tert-OH is 1. The number of carbonyl (C=O) groups is 1. The van der Waals surface area contributed by atoms with Gasteiger partial charge in [0.15, 0.2) is 0 Å². The molecule has 0 aliphatic heterocycles. The van der Waals surface area contributed by atoms with Gasteiger partial charge in [-0.3, -0.25) is 10.2 Å². The van der Waals surface area contributed by atoms with Crippen LogP contribution in [0.15, 0.2) is 24.3 Å². The number of hydrogen-bond acceptors (Lipinski definition) is 3. The SMILES string of the molecule is Cc1cccc(C(=N)NC(=O)CO)c1. The molecule has 0 atom stereocenters. The van der Waals surface area contributed by atoms with E-state index in [2.05, 4.69) is 5.32 Å². The number of benzene rings is 1. The summed E-state index contributed by atoms with van der Waals surface area (Å²) in [6.45, 7) is 1.30. The molecule has 0 fully saturated rings. The van der Waals surface area contributed by atoms with Crippen LogP contribution in [0.5, 0.6) is 0 Å². The first-order valence-electron chi connectivity index (χ1n) is 4.20. The fourth-order valence-corrected chi connectivity index (χ4v) is 1.05. The van der Waals surface area contributed by atoms with Gasteiger partial charge < -0.3 is 10.4 Å². The lowest BCUT2D eigenvalue weighted by atomic mass is 10.1. The highest BCUT2D eigenvalue weighted by atomic mass is 16.3. The lowest BCUT2D eigenvalue weighted by Crippen LogP contribution is -2.32. The molecule has 1 aromatic rings. The number of amidine groups is 1. The van der Waals surface area contributed by atoms with Crippen LogP contribution < -0.4 is 5.32 Å². The molecule has 0 aliphatic carbocycles. The summed E-state index contributed by atoms with van der Waals surface area (Å²) in [6.07, 6.45) is 0. The Balaban J connectivity index is 2.75. The van der Waals surface area contributed by atoms with Gasteiger partial charge in [-0.15, -0.1) is 0 Å². The molecule has 4 nitrogen and oxygen atoms in total. The molecule has 74 valence electrons.